The largest absolute Gasteiger partial charge is 0.247 e. The minimum Gasteiger partial charge on any atom is -0.247 e. The highest BCUT2D eigenvalue weighted by atomic mass is 32.1. The molecule has 0 aliphatic heterocycles. The molecule has 55 heavy (non-hydrogen) atoms. The third kappa shape index (κ3) is 6.17. The first-order valence-corrected chi connectivity index (χ1v) is 19.1. The van der Waals surface area contributed by atoms with Crippen LogP contribution < -0.4 is 0 Å². The summed E-state index contributed by atoms with van der Waals surface area (Å²) in [5.74, 6) is 1.93. The van der Waals surface area contributed by atoms with Gasteiger partial charge in [0.15, 0.2) is 17.5 Å². The molecule has 10 rings (SSSR count). The Kier molecular flexibility index (Phi) is 8.32. The van der Waals surface area contributed by atoms with E-state index in [1.54, 1.807) is 0 Å². The maximum atomic E-state index is 5.41. The molecule has 5 heteroatoms. The van der Waals surface area contributed by atoms with Crippen molar-refractivity contribution in [2.24, 2.45) is 0 Å². The number of hydrogen-bond acceptors (Lipinski definition) is 5. The standard InChI is InChI=1S/C50H32N4S/c1-6-16-34(17-7-1)45-44-43(46(35-18-8-2-9-19-35)55-47(44)36-20-10-3-11-21-36)41-32-40(30-31-42(41)51-45)33-26-28-39(29-27-33)50-53-48(37-22-12-4-13-23-37)52-49(54-50)38-24-14-5-15-25-38/h1-32H. The van der Waals surface area contributed by atoms with E-state index in [1.165, 1.54) is 31.7 Å². The number of nitrogens with zero attached hydrogens (tertiary/aromatic N) is 4. The van der Waals surface area contributed by atoms with Crippen LogP contribution in [0.2, 0.25) is 0 Å². The van der Waals surface area contributed by atoms with Crippen molar-refractivity contribution in [2.45, 2.75) is 0 Å². The molecule has 258 valence electrons. The lowest BCUT2D eigenvalue weighted by Crippen LogP contribution is -2.00. The van der Waals surface area contributed by atoms with Crippen LogP contribution in [0.25, 0.3) is 99.1 Å². The molecule has 0 radical (unpaired) electrons. The second-order valence-electron chi connectivity index (χ2n) is 13.4. The van der Waals surface area contributed by atoms with Gasteiger partial charge < -0.3 is 0 Å². The summed E-state index contributed by atoms with van der Waals surface area (Å²) in [6.07, 6.45) is 0. The maximum absolute atomic E-state index is 5.41. The maximum Gasteiger partial charge on any atom is 0.164 e. The van der Waals surface area contributed by atoms with E-state index < -0.39 is 0 Å². The lowest BCUT2D eigenvalue weighted by molar-refractivity contribution is 1.07. The molecule has 0 atom stereocenters. The van der Waals surface area contributed by atoms with Gasteiger partial charge in [0.25, 0.3) is 0 Å². The lowest BCUT2D eigenvalue weighted by atomic mass is 9.94. The van der Waals surface area contributed by atoms with Crippen LogP contribution in [-0.4, -0.2) is 19.9 Å². The van der Waals surface area contributed by atoms with Crippen LogP contribution in [0.4, 0.5) is 0 Å². The zero-order valence-corrected chi connectivity index (χ0v) is 30.5. The van der Waals surface area contributed by atoms with E-state index in [2.05, 4.69) is 133 Å². The molecule has 4 nitrogen and oxygen atoms in total. The molecule has 0 saturated heterocycles. The molecule has 0 amide bonds. The van der Waals surface area contributed by atoms with Gasteiger partial charge in [0.05, 0.1) is 11.2 Å². The average Bonchev–Trinajstić information content (AvgIpc) is 3.69. The Labute approximate surface area is 323 Å². The number of rotatable bonds is 7. The molecular weight excluding hydrogens is 689 g/mol. The molecule has 0 aliphatic rings. The first-order valence-electron chi connectivity index (χ1n) is 18.3. The van der Waals surface area contributed by atoms with Gasteiger partial charge in [0.1, 0.15) is 0 Å². The van der Waals surface area contributed by atoms with E-state index in [9.17, 15) is 0 Å². The summed E-state index contributed by atoms with van der Waals surface area (Å²) in [4.78, 5) is 22.6. The van der Waals surface area contributed by atoms with E-state index in [-0.39, 0.29) is 0 Å². The summed E-state index contributed by atoms with van der Waals surface area (Å²) >= 11 is 1.84. The zero-order chi connectivity index (χ0) is 36.6. The fourth-order valence-corrected chi connectivity index (χ4v) is 8.57. The number of aromatic nitrogens is 4. The highest BCUT2D eigenvalue weighted by Gasteiger charge is 2.22. The first kappa shape index (κ1) is 32.6. The van der Waals surface area contributed by atoms with Crippen molar-refractivity contribution in [3.63, 3.8) is 0 Å². The molecule has 10 aromatic rings. The van der Waals surface area contributed by atoms with Gasteiger partial charge in [-0.1, -0.05) is 182 Å². The number of pyridine rings is 1. The van der Waals surface area contributed by atoms with Crippen molar-refractivity contribution in [3.05, 3.63) is 194 Å². The fraction of sp³-hybridized carbons (Fsp3) is 0. The van der Waals surface area contributed by atoms with E-state index in [0.717, 1.165) is 50.0 Å². The highest BCUT2D eigenvalue weighted by molar-refractivity contribution is 7.21. The Hall–Kier alpha value is -7.08. The Morgan fingerprint density at radius 2 is 0.673 bits per heavy atom. The van der Waals surface area contributed by atoms with Crippen molar-refractivity contribution >= 4 is 33.0 Å². The minimum atomic E-state index is 0.635. The van der Waals surface area contributed by atoms with Crippen molar-refractivity contribution in [3.8, 4) is 77.4 Å². The molecule has 7 aromatic carbocycles. The van der Waals surface area contributed by atoms with Gasteiger partial charge >= 0.3 is 0 Å². The normalized spacial score (nSPS) is 11.3. The summed E-state index contributed by atoms with van der Waals surface area (Å²) < 4.78 is 0. The van der Waals surface area contributed by atoms with Crippen LogP contribution in [-0.2, 0) is 0 Å². The van der Waals surface area contributed by atoms with E-state index in [1.807, 2.05) is 72.0 Å². The number of thiophene rings is 1. The second-order valence-corrected chi connectivity index (χ2v) is 14.4. The van der Waals surface area contributed by atoms with Crippen molar-refractivity contribution < 1.29 is 0 Å². The van der Waals surface area contributed by atoms with Gasteiger partial charge in [-0.05, 0) is 34.4 Å². The number of fused-ring (bicyclic) bond motifs is 3. The van der Waals surface area contributed by atoms with Crippen molar-refractivity contribution in [1.82, 2.24) is 19.9 Å². The predicted molar refractivity (Wildman–Crippen MR) is 229 cm³/mol. The van der Waals surface area contributed by atoms with Gasteiger partial charge in [0, 0.05) is 48.2 Å². The Balaban J connectivity index is 1.14. The van der Waals surface area contributed by atoms with Crippen LogP contribution in [0.15, 0.2) is 194 Å². The summed E-state index contributed by atoms with van der Waals surface area (Å²) in [6, 6.07) is 67.4. The fourth-order valence-electron chi connectivity index (χ4n) is 7.24. The molecule has 0 saturated carbocycles. The Morgan fingerprint density at radius 3 is 1.16 bits per heavy atom. The average molecular weight is 721 g/mol. The van der Waals surface area contributed by atoms with Crippen LogP contribution in [0, 0.1) is 0 Å². The Bertz CT molecular complexity index is 2870. The van der Waals surface area contributed by atoms with Crippen molar-refractivity contribution in [1.29, 1.82) is 0 Å². The summed E-state index contributed by atoms with van der Waals surface area (Å²) in [5.41, 5.74) is 10.5. The molecule has 0 unspecified atom stereocenters. The third-order valence-electron chi connectivity index (χ3n) is 9.94. The first-order chi connectivity index (χ1) is 27.3. The van der Waals surface area contributed by atoms with E-state index >= 15 is 0 Å². The van der Waals surface area contributed by atoms with E-state index in [0.29, 0.717) is 17.5 Å². The van der Waals surface area contributed by atoms with Crippen LogP contribution in [0.3, 0.4) is 0 Å². The van der Waals surface area contributed by atoms with Crippen molar-refractivity contribution in [2.75, 3.05) is 0 Å². The second kappa shape index (κ2) is 14.0. The lowest BCUT2D eigenvalue weighted by Gasteiger charge is -2.12. The molecule has 0 spiro atoms. The summed E-state index contributed by atoms with van der Waals surface area (Å²) in [7, 11) is 0. The monoisotopic (exact) mass is 720 g/mol. The number of hydrogen-bond donors (Lipinski definition) is 0. The molecule has 3 aromatic heterocycles. The van der Waals surface area contributed by atoms with Gasteiger partial charge in [-0.15, -0.1) is 11.3 Å². The zero-order valence-electron chi connectivity index (χ0n) is 29.7. The molecule has 0 aliphatic carbocycles. The smallest absolute Gasteiger partial charge is 0.164 e. The Morgan fingerprint density at radius 1 is 0.291 bits per heavy atom. The topological polar surface area (TPSA) is 51.6 Å². The molecule has 0 N–H and O–H groups in total. The SMILES string of the molecule is c1ccc(-c2nc(-c3ccccc3)nc(-c3ccc(-c4ccc5nc(-c6ccccc6)c6c(-c7ccccc7)sc(-c7ccccc7)c6c5c4)cc3)n2)cc1. The van der Waals surface area contributed by atoms with Gasteiger partial charge in [-0.2, -0.15) is 0 Å². The predicted octanol–water partition coefficient (Wildman–Crippen LogP) is 13.3. The van der Waals surface area contributed by atoms with Gasteiger partial charge in [-0.25, -0.2) is 19.9 Å². The summed E-state index contributed by atoms with van der Waals surface area (Å²) in [6.45, 7) is 0. The highest BCUT2D eigenvalue weighted by Crippen LogP contribution is 2.50. The summed E-state index contributed by atoms with van der Waals surface area (Å²) in [5, 5.41) is 3.54. The number of benzene rings is 7. The molecule has 0 fully saturated rings. The minimum absolute atomic E-state index is 0.635. The van der Waals surface area contributed by atoms with Crippen LogP contribution in [0.5, 0.6) is 0 Å². The van der Waals surface area contributed by atoms with Crippen LogP contribution in [0.1, 0.15) is 0 Å². The van der Waals surface area contributed by atoms with Gasteiger partial charge in [0.2, 0.25) is 0 Å². The third-order valence-corrected chi connectivity index (χ3v) is 11.2. The molecule has 3 heterocycles. The quantitative estimate of drug-likeness (QED) is 0.164. The molecule has 0 bridgehead atoms. The van der Waals surface area contributed by atoms with Crippen LogP contribution >= 0.6 is 11.3 Å². The van der Waals surface area contributed by atoms with E-state index in [4.69, 9.17) is 19.9 Å². The molecular formula is C50H32N4S. The van der Waals surface area contributed by atoms with Gasteiger partial charge in [-0.3, -0.25) is 0 Å².